The summed E-state index contributed by atoms with van der Waals surface area (Å²) in [4.78, 5) is 1.05. The first-order valence-electron chi connectivity index (χ1n) is 6.05. The Morgan fingerprint density at radius 3 is 2.40 bits per heavy atom. The van der Waals surface area contributed by atoms with Gasteiger partial charge in [-0.15, -0.1) is 0 Å². The van der Waals surface area contributed by atoms with E-state index in [0.717, 1.165) is 4.90 Å². The van der Waals surface area contributed by atoms with E-state index < -0.39 is 0 Å². The summed E-state index contributed by atoms with van der Waals surface area (Å²) in [7, 11) is 0. The molecule has 1 radical (unpaired) electrons. The summed E-state index contributed by atoms with van der Waals surface area (Å²) in [5.74, 6) is 0.684. The van der Waals surface area contributed by atoms with Crippen LogP contribution in [0.3, 0.4) is 0 Å². The van der Waals surface area contributed by atoms with Crippen molar-refractivity contribution in [3.05, 3.63) is 29.8 Å². The van der Waals surface area contributed by atoms with Crippen molar-refractivity contribution < 1.29 is 0 Å². The van der Waals surface area contributed by atoms with E-state index in [9.17, 15) is 0 Å². The zero-order chi connectivity index (χ0) is 11.1. The lowest BCUT2D eigenvalue weighted by Crippen LogP contribution is -1.99. The molecule has 0 fully saturated rings. The molecular weight excluding hydrogens is 200 g/mol. The van der Waals surface area contributed by atoms with Gasteiger partial charge in [-0.3, -0.25) is 0 Å². The average Bonchev–Trinajstić information content (AvgIpc) is 2.25. The second-order valence-electron chi connectivity index (χ2n) is 4.17. The Morgan fingerprint density at radius 1 is 1.07 bits per heavy atom. The average molecular weight is 221 g/mol. The summed E-state index contributed by atoms with van der Waals surface area (Å²) in [6, 6.07) is 8.41. The van der Waals surface area contributed by atoms with E-state index in [1.54, 1.807) is 0 Å². The van der Waals surface area contributed by atoms with E-state index in [1.807, 2.05) is 6.07 Å². The van der Waals surface area contributed by atoms with Crippen LogP contribution in [-0.4, -0.2) is 0 Å². The van der Waals surface area contributed by atoms with Gasteiger partial charge >= 0.3 is 0 Å². The zero-order valence-corrected chi connectivity index (χ0v) is 10.6. The fraction of sp³-hybridized carbons (Fsp3) is 0.571. The molecule has 0 amide bonds. The fourth-order valence-corrected chi connectivity index (χ4v) is 2.39. The van der Waals surface area contributed by atoms with Gasteiger partial charge in [0.25, 0.3) is 0 Å². The first kappa shape index (κ1) is 12.5. The molecule has 1 unspecified atom stereocenters. The number of hydrogen-bond acceptors (Lipinski definition) is 0. The highest BCUT2D eigenvalue weighted by molar-refractivity contribution is 7.80. The number of hydrogen-bond donors (Lipinski definition) is 0. The smallest absolute Gasteiger partial charge is 0.0411 e. The third-order valence-corrected chi connectivity index (χ3v) is 3.27. The molecule has 0 nitrogen and oxygen atoms in total. The Labute approximate surface area is 99.5 Å². The van der Waals surface area contributed by atoms with Crippen LogP contribution in [0.5, 0.6) is 0 Å². The Balaban J connectivity index is 2.74. The Bertz CT molecular complexity index is 280. The molecule has 1 heteroatoms. The lowest BCUT2D eigenvalue weighted by atomic mass is 9.90. The highest BCUT2D eigenvalue weighted by Crippen LogP contribution is 2.30. The summed E-state index contributed by atoms with van der Waals surface area (Å²) in [5.41, 5.74) is 1.39. The van der Waals surface area contributed by atoms with E-state index >= 15 is 0 Å². The molecule has 0 aromatic heterocycles. The summed E-state index contributed by atoms with van der Waals surface area (Å²) in [5, 5.41) is 0. The fourth-order valence-electron chi connectivity index (χ4n) is 2.07. The van der Waals surface area contributed by atoms with Gasteiger partial charge in [0.05, 0.1) is 0 Å². The number of rotatable bonds is 6. The molecule has 0 saturated carbocycles. The van der Waals surface area contributed by atoms with Crippen LogP contribution >= 0.6 is 12.6 Å². The molecule has 0 spiro atoms. The van der Waals surface area contributed by atoms with Gasteiger partial charge in [0.1, 0.15) is 0 Å². The molecule has 0 saturated heterocycles. The molecule has 0 aliphatic heterocycles. The standard InChI is InChI=1S/C14H21S/c1-3-5-9-12(8-4-2)13-10-6-7-11-14(13)15/h6-7,10-12H,3-5,8-9H2,1-2H3. The van der Waals surface area contributed by atoms with E-state index in [-0.39, 0.29) is 0 Å². The summed E-state index contributed by atoms with van der Waals surface area (Å²) in [6.45, 7) is 4.51. The van der Waals surface area contributed by atoms with Crippen LogP contribution in [0.25, 0.3) is 0 Å². The first-order chi connectivity index (χ1) is 7.29. The van der Waals surface area contributed by atoms with Crippen molar-refractivity contribution in [1.29, 1.82) is 0 Å². The van der Waals surface area contributed by atoms with Crippen LogP contribution in [0.4, 0.5) is 0 Å². The van der Waals surface area contributed by atoms with E-state index in [2.05, 4.69) is 32.0 Å². The molecule has 1 atom stereocenters. The van der Waals surface area contributed by atoms with Crippen molar-refractivity contribution in [2.24, 2.45) is 0 Å². The SMILES string of the molecule is CCCCC(CCC)c1ccccc1[S]. The molecule has 0 aliphatic rings. The highest BCUT2D eigenvalue weighted by atomic mass is 32.1. The van der Waals surface area contributed by atoms with Crippen LogP contribution in [0, 0.1) is 0 Å². The van der Waals surface area contributed by atoms with Gasteiger partial charge < -0.3 is 0 Å². The van der Waals surface area contributed by atoms with Crippen molar-refractivity contribution in [1.82, 2.24) is 0 Å². The Kier molecular flexibility index (Phi) is 5.70. The molecule has 0 bridgehead atoms. The van der Waals surface area contributed by atoms with Crippen molar-refractivity contribution in [3.8, 4) is 0 Å². The lowest BCUT2D eigenvalue weighted by molar-refractivity contribution is 0.535. The summed E-state index contributed by atoms with van der Waals surface area (Å²) >= 11 is 5.39. The predicted octanol–water partition coefficient (Wildman–Crippen LogP) is 5.32. The minimum absolute atomic E-state index is 0.684. The monoisotopic (exact) mass is 221 g/mol. The van der Waals surface area contributed by atoms with Crippen LogP contribution in [-0.2, 0) is 0 Å². The van der Waals surface area contributed by atoms with Crippen molar-refractivity contribution in [3.63, 3.8) is 0 Å². The minimum atomic E-state index is 0.684. The van der Waals surface area contributed by atoms with Gasteiger partial charge in [-0.05, 0) is 30.4 Å². The zero-order valence-electron chi connectivity index (χ0n) is 9.83. The van der Waals surface area contributed by atoms with Gasteiger partial charge in [0.2, 0.25) is 0 Å². The normalized spacial score (nSPS) is 12.7. The van der Waals surface area contributed by atoms with Gasteiger partial charge in [0, 0.05) is 4.90 Å². The summed E-state index contributed by atoms with van der Waals surface area (Å²) < 4.78 is 0. The van der Waals surface area contributed by atoms with Gasteiger partial charge in [-0.2, -0.15) is 0 Å². The lowest BCUT2D eigenvalue weighted by Gasteiger charge is -2.17. The molecule has 0 heterocycles. The Morgan fingerprint density at radius 2 is 1.80 bits per heavy atom. The van der Waals surface area contributed by atoms with Gasteiger partial charge in [-0.25, -0.2) is 0 Å². The molecule has 1 aromatic rings. The molecular formula is C14H21S. The first-order valence-corrected chi connectivity index (χ1v) is 6.46. The van der Waals surface area contributed by atoms with Crippen molar-refractivity contribution in [2.75, 3.05) is 0 Å². The van der Waals surface area contributed by atoms with Crippen LogP contribution in [0.15, 0.2) is 29.2 Å². The van der Waals surface area contributed by atoms with Crippen LogP contribution in [0.1, 0.15) is 57.4 Å². The second kappa shape index (κ2) is 6.84. The van der Waals surface area contributed by atoms with Crippen LogP contribution in [0.2, 0.25) is 0 Å². The van der Waals surface area contributed by atoms with Crippen molar-refractivity contribution in [2.45, 2.75) is 56.8 Å². The van der Waals surface area contributed by atoms with E-state index in [1.165, 1.54) is 37.7 Å². The quantitative estimate of drug-likeness (QED) is 0.610. The van der Waals surface area contributed by atoms with Gasteiger partial charge in [0.15, 0.2) is 0 Å². The highest BCUT2D eigenvalue weighted by Gasteiger charge is 2.12. The maximum absolute atomic E-state index is 5.39. The molecule has 0 N–H and O–H groups in total. The molecule has 1 aromatic carbocycles. The Hall–Kier alpha value is -0.560. The number of unbranched alkanes of at least 4 members (excludes halogenated alkanes) is 1. The van der Waals surface area contributed by atoms with Crippen molar-refractivity contribution >= 4 is 12.6 Å². The molecule has 83 valence electrons. The molecule has 0 aliphatic carbocycles. The number of benzene rings is 1. The maximum atomic E-state index is 5.39. The predicted molar refractivity (Wildman–Crippen MR) is 69.5 cm³/mol. The summed E-state index contributed by atoms with van der Waals surface area (Å²) in [6.07, 6.45) is 6.40. The minimum Gasteiger partial charge on any atom is -0.0798 e. The maximum Gasteiger partial charge on any atom is 0.0411 e. The van der Waals surface area contributed by atoms with Gasteiger partial charge in [-0.1, -0.05) is 63.9 Å². The topological polar surface area (TPSA) is 0 Å². The molecule has 15 heavy (non-hydrogen) atoms. The third kappa shape index (κ3) is 3.83. The third-order valence-electron chi connectivity index (χ3n) is 2.90. The molecule has 1 rings (SSSR count). The largest absolute Gasteiger partial charge is 0.0798 e. The van der Waals surface area contributed by atoms with E-state index in [0.29, 0.717) is 5.92 Å². The van der Waals surface area contributed by atoms with Crippen LogP contribution < -0.4 is 0 Å². The second-order valence-corrected chi connectivity index (χ2v) is 4.61. The van der Waals surface area contributed by atoms with E-state index in [4.69, 9.17) is 12.6 Å².